The molecule has 2 aromatic rings. The van der Waals surface area contributed by atoms with Gasteiger partial charge in [-0.3, -0.25) is 5.41 Å². The quantitative estimate of drug-likeness (QED) is 0.648. The van der Waals surface area contributed by atoms with Crippen LogP contribution in [-0.4, -0.2) is 10.8 Å². The summed E-state index contributed by atoms with van der Waals surface area (Å²) in [6.07, 6.45) is 1.91. The largest absolute Gasteiger partial charge is 0.383 e. The molecule has 0 unspecified atom stereocenters. The fourth-order valence-corrected chi connectivity index (χ4v) is 3.24. The maximum atomic E-state index is 7.55. The molecule has 0 aliphatic carbocycles. The molecule has 0 spiro atoms. The van der Waals surface area contributed by atoms with E-state index in [2.05, 4.69) is 11.9 Å². The molecule has 3 nitrogen and oxygen atoms in total. The van der Waals surface area contributed by atoms with Gasteiger partial charge in [0.1, 0.15) is 10.8 Å². The van der Waals surface area contributed by atoms with Gasteiger partial charge in [0, 0.05) is 0 Å². The Morgan fingerprint density at radius 2 is 2.38 bits per heavy atom. The van der Waals surface area contributed by atoms with Gasteiger partial charge in [-0.1, -0.05) is 19.4 Å². The second-order valence-electron chi connectivity index (χ2n) is 3.44. The molecule has 84 valence electrons. The predicted molar refractivity (Wildman–Crippen MR) is 70.4 cm³/mol. The van der Waals surface area contributed by atoms with E-state index >= 15 is 0 Å². The van der Waals surface area contributed by atoms with E-state index in [1.807, 2.05) is 17.5 Å². The lowest BCUT2D eigenvalue weighted by molar-refractivity contribution is 0.891. The first kappa shape index (κ1) is 11.3. The highest BCUT2D eigenvalue weighted by Crippen LogP contribution is 2.31. The first-order valence-electron chi connectivity index (χ1n) is 5.10. The lowest BCUT2D eigenvalue weighted by atomic mass is 10.2. The standard InChI is InChI=1S/C11H13N3S2/c1-2-4-7-9(10(12)13)16-11(14-7)8-5-3-6-15-8/h3,5-6H,2,4H2,1H3,(H3,12,13). The first-order chi connectivity index (χ1) is 7.72. The monoisotopic (exact) mass is 251 g/mol. The third-order valence-electron chi connectivity index (χ3n) is 2.16. The molecule has 2 aromatic heterocycles. The van der Waals surface area contributed by atoms with Crippen molar-refractivity contribution in [3.63, 3.8) is 0 Å². The Morgan fingerprint density at radius 3 is 2.94 bits per heavy atom. The Bertz CT molecular complexity index is 485. The van der Waals surface area contributed by atoms with Crippen LogP contribution in [-0.2, 0) is 6.42 Å². The number of rotatable bonds is 4. The molecule has 0 saturated heterocycles. The molecule has 0 aromatic carbocycles. The fraction of sp³-hybridized carbons (Fsp3) is 0.273. The molecular weight excluding hydrogens is 238 g/mol. The molecule has 0 amide bonds. The van der Waals surface area contributed by atoms with Crippen LogP contribution in [0.5, 0.6) is 0 Å². The highest BCUT2D eigenvalue weighted by atomic mass is 32.1. The number of hydrogen-bond donors (Lipinski definition) is 2. The molecule has 0 saturated carbocycles. The Morgan fingerprint density at radius 1 is 1.56 bits per heavy atom. The van der Waals surface area contributed by atoms with Crippen molar-refractivity contribution in [1.29, 1.82) is 5.41 Å². The summed E-state index contributed by atoms with van der Waals surface area (Å²) < 4.78 is 0. The summed E-state index contributed by atoms with van der Waals surface area (Å²) >= 11 is 3.18. The van der Waals surface area contributed by atoms with Gasteiger partial charge in [-0.15, -0.1) is 22.7 Å². The second kappa shape index (κ2) is 4.76. The highest BCUT2D eigenvalue weighted by Gasteiger charge is 2.14. The molecule has 5 heteroatoms. The number of nitrogens with zero attached hydrogens (tertiary/aromatic N) is 1. The normalized spacial score (nSPS) is 10.6. The van der Waals surface area contributed by atoms with Gasteiger partial charge in [0.25, 0.3) is 0 Å². The number of thiazole rings is 1. The van der Waals surface area contributed by atoms with Crippen molar-refractivity contribution >= 4 is 28.5 Å². The zero-order valence-electron chi connectivity index (χ0n) is 8.99. The van der Waals surface area contributed by atoms with Crippen LogP contribution in [0.15, 0.2) is 17.5 Å². The molecule has 2 heterocycles. The number of nitrogen functional groups attached to an aromatic ring is 1. The van der Waals surface area contributed by atoms with Crippen LogP contribution in [0.2, 0.25) is 0 Å². The lowest BCUT2D eigenvalue weighted by Crippen LogP contribution is -2.11. The number of thiophene rings is 1. The molecule has 0 bridgehead atoms. The number of hydrogen-bond acceptors (Lipinski definition) is 4. The van der Waals surface area contributed by atoms with Crippen LogP contribution < -0.4 is 5.73 Å². The van der Waals surface area contributed by atoms with Crippen LogP contribution in [0, 0.1) is 5.41 Å². The Kier molecular flexibility index (Phi) is 3.36. The van der Waals surface area contributed by atoms with Gasteiger partial charge in [0.05, 0.1) is 15.4 Å². The van der Waals surface area contributed by atoms with Crippen LogP contribution in [0.4, 0.5) is 0 Å². The molecule has 3 N–H and O–H groups in total. The molecule has 2 rings (SSSR count). The van der Waals surface area contributed by atoms with E-state index < -0.39 is 0 Å². The summed E-state index contributed by atoms with van der Waals surface area (Å²) in [4.78, 5) is 6.54. The second-order valence-corrected chi connectivity index (χ2v) is 5.38. The molecule has 16 heavy (non-hydrogen) atoms. The molecule has 0 aliphatic heterocycles. The Labute approximate surface area is 102 Å². The summed E-state index contributed by atoms with van der Waals surface area (Å²) in [6.45, 7) is 2.11. The number of nitrogens with one attached hydrogen (secondary N) is 1. The van der Waals surface area contributed by atoms with Gasteiger partial charge in [0.15, 0.2) is 0 Å². The fourth-order valence-electron chi connectivity index (χ4n) is 1.47. The van der Waals surface area contributed by atoms with E-state index in [1.54, 1.807) is 11.3 Å². The van der Waals surface area contributed by atoms with E-state index in [-0.39, 0.29) is 5.84 Å². The van der Waals surface area contributed by atoms with E-state index in [0.717, 1.165) is 33.3 Å². The van der Waals surface area contributed by atoms with Gasteiger partial charge in [-0.25, -0.2) is 4.98 Å². The van der Waals surface area contributed by atoms with Crippen molar-refractivity contribution in [3.05, 3.63) is 28.1 Å². The molecule has 0 atom stereocenters. The predicted octanol–water partition coefficient (Wildman–Crippen LogP) is 3.11. The van der Waals surface area contributed by atoms with E-state index in [0.29, 0.717) is 0 Å². The molecule has 0 aliphatic rings. The van der Waals surface area contributed by atoms with Crippen molar-refractivity contribution in [1.82, 2.24) is 4.98 Å². The summed E-state index contributed by atoms with van der Waals surface area (Å²) in [5.41, 5.74) is 6.53. The van der Waals surface area contributed by atoms with Crippen LogP contribution in [0.1, 0.15) is 23.9 Å². The smallest absolute Gasteiger partial charge is 0.135 e. The van der Waals surface area contributed by atoms with Crippen molar-refractivity contribution < 1.29 is 0 Å². The zero-order valence-corrected chi connectivity index (χ0v) is 10.6. The topological polar surface area (TPSA) is 62.8 Å². The van der Waals surface area contributed by atoms with Crippen LogP contribution in [0.3, 0.4) is 0 Å². The summed E-state index contributed by atoms with van der Waals surface area (Å²) in [5.74, 6) is 0.128. The lowest BCUT2D eigenvalue weighted by Gasteiger charge is -1.96. The molecular formula is C11H13N3S2. The maximum Gasteiger partial charge on any atom is 0.135 e. The van der Waals surface area contributed by atoms with Crippen LogP contribution >= 0.6 is 22.7 Å². The highest BCUT2D eigenvalue weighted by molar-refractivity contribution is 7.22. The number of aromatic nitrogens is 1. The van der Waals surface area contributed by atoms with E-state index in [1.165, 1.54) is 11.3 Å². The van der Waals surface area contributed by atoms with Gasteiger partial charge in [-0.05, 0) is 17.9 Å². The van der Waals surface area contributed by atoms with E-state index in [4.69, 9.17) is 11.1 Å². The van der Waals surface area contributed by atoms with Gasteiger partial charge in [0.2, 0.25) is 0 Å². The number of aryl methyl sites for hydroxylation is 1. The van der Waals surface area contributed by atoms with Crippen molar-refractivity contribution in [3.8, 4) is 9.88 Å². The third kappa shape index (κ3) is 2.15. The number of amidine groups is 1. The van der Waals surface area contributed by atoms with Gasteiger partial charge >= 0.3 is 0 Å². The Hall–Kier alpha value is -1.20. The third-order valence-corrected chi connectivity index (χ3v) is 4.33. The average molecular weight is 251 g/mol. The minimum absolute atomic E-state index is 0.128. The van der Waals surface area contributed by atoms with E-state index in [9.17, 15) is 0 Å². The minimum atomic E-state index is 0.128. The summed E-state index contributed by atoms with van der Waals surface area (Å²) in [6, 6.07) is 4.05. The van der Waals surface area contributed by atoms with Crippen molar-refractivity contribution in [2.24, 2.45) is 5.73 Å². The van der Waals surface area contributed by atoms with Gasteiger partial charge in [-0.2, -0.15) is 0 Å². The maximum absolute atomic E-state index is 7.55. The molecule has 0 fully saturated rings. The SMILES string of the molecule is CCCc1nc(-c2cccs2)sc1C(=N)N. The van der Waals surface area contributed by atoms with Crippen molar-refractivity contribution in [2.75, 3.05) is 0 Å². The Balaban J connectivity index is 2.42. The van der Waals surface area contributed by atoms with Crippen LogP contribution in [0.25, 0.3) is 9.88 Å². The van der Waals surface area contributed by atoms with Crippen molar-refractivity contribution in [2.45, 2.75) is 19.8 Å². The number of nitrogens with two attached hydrogens (primary N) is 1. The first-order valence-corrected chi connectivity index (χ1v) is 6.80. The zero-order chi connectivity index (χ0) is 11.5. The average Bonchev–Trinajstić information content (AvgIpc) is 2.83. The summed E-state index contributed by atoms with van der Waals surface area (Å²) in [7, 11) is 0. The summed E-state index contributed by atoms with van der Waals surface area (Å²) in [5, 5.41) is 10.6. The minimum Gasteiger partial charge on any atom is -0.383 e. The molecule has 0 radical (unpaired) electrons. The van der Waals surface area contributed by atoms with Gasteiger partial charge < -0.3 is 5.73 Å².